The topological polar surface area (TPSA) is 20.2 Å². The fourth-order valence-electron chi connectivity index (χ4n) is 2.63. The third-order valence-corrected chi connectivity index (χ3v) is 5.68. The SMILES string of the molecule is CSC1CC1(C)C(C)CCCCCCCO. The van der Waals surface area contributed by atoms with Crippen molar-refractivity contribution in [1.82, 2.24) is 0 Å². The normalized spacial score (nSPS) is 30.4. The number of thioether (sulfide) groups is 1. The quantitative estimate of drug-likeness (QED) is 0.616. The van der Waals surface area contributed by atoms with Crippen molar-refractivity contribution in [3.63, 3.8) is 0 Å². The Morgan fingerprint density at radius 1 is 1.25 bits per heavy atom. The molecule has 0 aromatic rings. The fourth-order valence-corrected chi connectivity index (χ4v) is 3.93. The Balaban J connectivity index is 2.01. The number of hydrogen-bond donors (Lipinski definition) is 1. The zero-order valence-corrected chi connectivity index (χ0v) is 12.0. The molecule has 2 heteroatoms. The van der Waals surface area contributed by atoms with Crippen LogP contribution in [0, 0.1) is 11.3 Å². The van der Waals surface area contributed by atoms with E-state index in [0.29, 0.717) is 12.0 Å². The average molecular weight is 244 g/mol. The summed E-state index contributed by atoms with van der Waals surface area (Å²) in [5.74, 6) is 0.891. The average Bonchev–Trinajstić information content (AvgIpc) is 2.96. The lowest BCUT2D eigenvalue weighted by molar-refractivity contribution is 0.281. The molecule has 3 unspecified atom stereocenters. The zero-order chi connectivity index (χ0) is 12.0. The van der Waals surface area contributed by atoms with Gasteiger partial charge in [0.25, 0.3) is 0 Å². The number of aliphatic hydroxyl groups excluding tert-OH is 1. The Morgan fingerprint density at radius 2 is 1.88 bits per heavy atom. The Kier molecular flexibility index (Phi) is 6.20. The highest BCUT2D eigenvalue weighted by Gasteiger charge is 2.52. The van der Waals surface area contributed by atoms with Gasteiger partial charge in [-0.25, -0.2) is 0 Å². The maximum Gasteiger partial charge on any atom is 0.0431 e. The highest BCUT2D eigenvalue weighted by atomic mass is 32.2. The molecule has 1 aliphatic carbocycles. The lowest BCUT2D eigenvalue weighted by atomic mass is 9.88. The molecule has 16 heavy (non-hydrogen) atoms. The fraction of sp³-hybridized carbons (Fsp3) is 1.00. The van der Waals surface area contributed by atoms with E-state index >= 15 is 0 Å². The minimum absolute atomic E-state index is 0.365. The van der Waals surface area contributed by atoms with Gasteiger partial charge in [0.15, 0.2) is 0 Å². The third-order valence-electron chi connectivity index (χ3n) is 4.41. The maximum absolute atomic E-state index is 8.68. The van der Waals surface area contributed by atoms with Gasteiger partial charge in [-0.05, 0) is 30.4 Å². The van der Waals surface area contributed by atoms with Gasteiger partial charge in [0.05, 0.1) is 0 Å². The van der Waals surface area contributed by atoms with Gasteiger partial charge in [-0.2, -0.15) is 11.8 Å². The summed E-state index contributed by atoms with van der Waals surface area (Å²) in [6.07, 6.45) is 11.3. The third kappa shape index (κ3) is 3.96. The van der Waals surface area contributed by atoms with Gasteiger partial charge in [0.2, 0.25) is 0 Å². The van der Waals surface area contributed by atoms with Crippen LogP contribution in [-0.4, -0.2) is 23.2 Å². The van der Waals surface area contributed by atoms with Crippen LogP contribution in [0.5, 0.6) is 0 Å². The first-order chi connectivity index (χ1) is 7.65. The first-order valence-electron chi connectivity index (χ1n) is 6.78. The Labute approximate surface area is 105 Å². The van der Waals surface area contributed by atoms with Gasteiger partial charge in [-0.1, -0.05) is 46.0 Å². The molecule has 0 bridgehead atoms. The molecular weight excluding hydrogens is 216 g/mol. The van der Waals surface area contributed by atoms with Crippen LogP contribution in [0.4, 0.5) is 0 Å². The molecule has 1 aliphatic rings. The Bertz CT molecular complexity index is 195. The second-order valence-corrected chi connectivity index (χ2v) is 6.66. The van der Waals surface area contributed by atoms with Crippen LogP contribution in [-0.2, 0) is 0 Å². The molecule has 3 atom stereocenters. The first-order valence-corrected chi connectivity index (χ1v) is 8.07. The Hall–Kier alpha value is 0.310. The van der Waals surface area contributed by atoms with Gasteiger partial charge in [0, 0.05) is 11.9 Å². The number of unbranched alkanes of at least 4 members (excludes halogenated alkanes) is 4. The van der Waals surface area contributed by atoms with Gasteiger partial charge in [-0.3, -0.25) is 0 Å². The molecule has 0 radical (unpaired) electrons. The van der Waals surface area contributed by atoms with Gasteiger partial charge >= 0.3 is 0 Å². The number of aliphatic hydroxyl groups is 1. The molecule has 0 amide bonds. The second kappa shape index (κ2) is 6.90. The summed E-state index contributed by atoms with van der Waals surface area (Å²) in [4.78, 5) is 0. The van der Waals surface area contributed by atoms with Gasteiger partial charge in [-0.15, -0.1) is 0 Å². The van der Waals surface area contributed by atoms with Crippen molar-refractivity contribution in [3.8, 4) is 0 Å². The van der Waals surface area contributed by atoms with Gasteiger partial charge < -0.3 is 5.11 Å². The summed E-state index contributed by atoms with van der Waals surface area (Å²) in [7, 11) is 0. The zero-order valence-electron chi connectivity index (χ0n) is 11.2. The standard InChI is InChI=1S/C14H28OS/c1-12(14(2)11-13(14)16-3)9-7-5-4-6-8-10-15/h12-13,15H,4-11H2,1-3H3. The number of rotatable bonds is 9. The molecule has 0 saturated heterocycles. The maximum atomic E-state index is 8.68. The van der Waals surface area contributed by atoms with Crippen LogP contribution in [0.2, 0.25) is 0 Å². The van der Waals surface area contributed by atoms with Crippen LogP contribution in [0.15, 0.2) is 0 Å². The van der Waals surface area contributed by atoms with Crippen molar-refractivity contribution >= 4 is 11.8 Å². The monoisotopic (exact) mass is 244 g/mol. The van der Waals surface area contributed by atoms with Crippen LogP contribution >= 0.6 is 11.8 Å². The summed E-state index contributed by atoms with van der Waals surface area (Å²) in [6, 6.07) is 0. The molecule has 0 spiro atoms. The van der Waals surface area contributed by atoms with E-state index in [2.05, 4.69) is 20.1 Å². The van der Waals surface area contributed by atoms with Crippen molar-refractivity contribution in [3.05, 3.63) is 0 Å². The first kappa shape index (κ1) is 14.4. The van der Waals surface area contributed by atoms with E-state index in [1.165, 1.54) is 38.5 Å². The molecule has 1 nitrogen and oxygen atoms in total. The summed E-state index contributed by atoms with van der Waals surface area (Å²) in [6.45, 7) is 5.26. The predicted octanol–water partition coefficient (Wildman–Crippen LogP) is 4.10. The number of hydrogen-bond acceptors (Lipinski definition) is 2. The Morgan fingerprint density at radius 3 is 2.44 bits per heavy atom. The molecular formula is C14H28OS. The molecule has 0 aromatic heterocycles. The molecule has 0 aromatic carbocycles. The lowest BCUT2D eigenvalue weighted by Crippen LogP contribution is -2.12. The van der Waals surface area contributed by atoms with E-state index in [1.807, 2.05) is 11.8 Å². The molecule has 1 saturated carbocycles. The molecule has 0 aliphatic heterocycles. The minimum Gasteiger partial charge on any atom is -0.396 e. The summed E-state index contributed by atoms with van der Waals surface area (Å²) < 4.78 is 0. The van der Waals surface area contributed by atoms with E-state index in [1.54, 1.807) is 0 Å². The van der Waals surface area contributed by atoms with E-state index in [4.69, 9.17) is 5.11 Å². The molecule has 0 heterocycles. The predicted molar refractivity (Wildman–Crippen MR) is 74.0 cm³/mol. The highest BCUT2D eigenvalue weighted by molar-refractivity contribution is 7.99. The molecule has 1 rings (SSSR count). The van der Waals surface area contributed by atoms with E-state index in [0.717, 1.165) is 17.6 Å². The van der Waals surface area contributed by atoms with E-state index < -0.39 is 0 Å². The van der Waals surface area contributed by atoms with Crippen LogP contribution in [0.3, 0.4) is 0 Å². The summed E-state index contributed by atoms with van der Waals surface area (Å²) in [5, 5.41) is 9.61. The van der Waals surface area contributed by atoms with Gasteiger partial charge in [0.1, 0.15) is 0 Å². The highest BCUT2D eigenvalue weighted by Crippen LogP contribution is 2.58. The molecule has 1 N–H and O–H groups in total. The van der Waals surface area contributed by atoms with E-state index in [9.17, 15) is 0 Å². The smallest absolute Gasteiger partial charge is 0.0431 e. The summed E-state index contributed by atoms with van der Waals surface area (Å²) in [5.41, 5.74) is 0.643. The van der Waals surface area contributed by atoms with Crippen molar-refractivity contribution in [2.45, 2.75) is 64.0 Å². The van der Waals surface area contributed by atoms with Crippen molar-refractivity contribution in [2.24, 2.45) is 11.3 Å². The van der Waals surface area contributed by atoms with Crippen molar-refractivity contribution in [1.29, 1.82) is 0 Å². The van der Waals surface area contributed by atoms with Crippen molar-refractivity contribution < 1.29 is 5.11 Å². The summed E-state index contributed by atoms with van der Waals surface area (Å²) >= 11 is 2.05. The van der Waals surface area contributed by atoms with Crippen LogP contribution in [0.25, 0.3) is 0 Å². The van der Waals surface area contributed by atoms with Crippen LogP contribution in [0.1, 0.15) is 58.8 Å². The largest absolute Gasteiger partial charge is 0.396 e. The van der Waals surface area contributed by atoms with E-state index in [-0.39, 0.29) is 0 Å². The second-order valence-electron chi connectivity index (χ2n) is 5.62. The lowest BCUT2D eigenvalue weighted by Gasteiger charge is -2.20. The minimum atomic E-state index is 0.365. The van der Waals surface area contributed by atoms with Crippen LogP contribution < -0.4 is 0 Å². The van der Waals surface area contributed by atoms with Crippen molar-refractivity contribution in [2.75, 3.05) is 12.9 Å². The molecule has 1 fully saturated rings. The molecule has 96 valence electrons.